The Bertz CT molecular complexity index is 754. The van der Waals surface area contributed by atoms with Crippen molar-refractivity contribution in [3.05, 3.63) is 23.3 Å². The number of fused-ring (bicyclic) bond motifs is 6. The van der Waals surface area contributed by atoms with Crippen molar-refractivity contribution in [1.82, 2.24) is 4.90 Å². The van der Waals surface area contributed by atoms with Gasteiger partial charge < -0.3 is 25.1 Å². The Labute approximate surface area is 186 Å². The zero-order valence-corrected chi connectivity index (χ0v) is 20.0. The van der Waals surface area contributed by atoms with E-state index in [1.165, 1.54) is 0 Å². The number of carbonyl (C=O) groups excluding carboxylic acids is 1. The molecule has 0 saturated carbocycles. The molecule has 0 radical (unpaired) electrons. The molecule has 5 unspecified atom stereocenters. The van der Waals surface area contributed by atoms with Gasteiger partial charge in [-0.15, -0.1) is 0 Å². The van der Waals surface area contributed by atoms with Crippen LogP contribution in [0.2, 0.25) is 0 Å². The highest BCUT2D eigenvalue weighted by Crippen LogP contribution is 2.57. The molecule has 2 bridgehead atoms. The summed E-state index contributed by atoms with van der Waals surface area (Å²) in [6.07, 6.45) is -0.859. The largest absolute Gasteiger partial charge is 0.496 e. The van der Waals surface area contributed by atoms with Gasteiger partial charge in [-0.05, 0) is 24.7 Å². The van der Waals surface area contributed by atoms with Crippen molar-refractivity contribution < 1.29 is 28.9 Å². The van der Waals surface area contributed by atoms with Gasteiger partial charge in [-0.1, -0.05) is 0 Å². The van der Waals surface area contributed by atoms with E-state index >= 15 is 0 Å². The fourth-order valence-corrected chi connectivity index (χ4v) is 4.39. The molecule has 156 valence electrons. The van der Waals surface area contributed by atoms with Crippen molar-refractivity contribution >= 4 is 49.0 Å². The molecular weight excluding hydrogens is 596 g/mol. The number of ether oxygens (including phenoxy) is 3. The molecule has 5 atom stereocenters. The van der Waals surface area contributed by atoms with Gasteiger partial charge in [-0.3, -0.25) is 4.90 Å². The standard InChI is InChI=1S/C17H23N3O6.I2/c1-19-12-6-20-11-4-9(7-21)5-13(23-2)14(11)10(8-25-16(18)22)17(24-3,26-20)15(12)19;1-2/h4-5,10,12,15,21H,6-8H2,1-3H3,(H2,18,22);. The first-order chi connectivity index (χ1) is 13.5. The number of aliphatic hydroxyl groups excluding tert-OH is 1. The number of hydroxylamine groups is 1. The van der Waals surface area contributed by atoms with Gasteiger partial charge in [-0.2, -0.15) is 0 Å². The summed E-state index contributed by atoms with van der Waals surface area (Å²) >= 11 is 4.24. The maximum absolute atomic E-state index is 11.3. The molecule has 2 fully saturated rings. The Morgan fingerprint density at radius 2 is 2.14 bits per heavy atom. The van der Waals surface area contributed by atoms with Crippen molar-refractivity contribution in [3.63, 3.8) is 0 Å². The minimum atomic E-state index is -1.02. The van der Waals surface area contributed by atoms with E-state index in [9.17, 15) is 9.90 Å². The van der Waals surface area contributed by atoms with Crippen LogP contribution in [0.25, 0.3) is 0 Å². The van der Waals surface area contributed by atoms with Crippen LogP contribution < -0.4 is 15.5 Å². The molecule has 3 N–H and O–H groups in total. The van der Waals surface area contributed by atoms with Gasteiger partial charge in [0.2, 0.25) is 5.79 Å². The van der Waals surface area contributed by atoms with Gasteiger partial charge in [0.15, 0.2) is 0 Å². The monoisotopic (exact) mass is 619 g/mol. The first kappa shape index (κ1) is 22.1. The molecule has 3 aliphatic heterocycles. The minimum Gasteiger partial charge on any atom is -0.496 e. The molecule has 3 aliphatic rings. The molecule has 4 rings (SSSR count). The normalized spacial score (nSPS) is 31.7. The lowest BCUT2D eigenvalue weighted by Gasteiger charge is -2.50. The molecule has 9 nitrogen and oxygen atoms in total. The van der Waals surface area contributed by atoms with E-state index in [1.54, 1.807) is 25.3 Å². The van der Waals surface area contributed by atoms with E-state index < -0.39 is 17.8 Å². The van der Waals surface area contributed by atoms with Crippen LogP contribution in [0.5, 0.6) is 5.75 Å². The summed E-state index contributed by atoms with van der Waals surface area (Å²) in [7, 11) is 5.16. The van der Waals surface area contributed by atoms with E-state index in [0.717, 1.165) is 11.3 Å². The van der Waals surface area contributed by atoms with E-state index in [4.69, 9.17) is 24.8 Å². The maximum Gasteiger partial charge on any atom is 0.404 e. The van der Waals surface area contributed by atoms with Crippen LogP contribution in [0.4, 0.5) is 10.5 Å². The number of halogens is 2. The number of anilines is 1. The molecule has 1 amide bonds. The predicted molar refractivity (Wildman–Crippen MR) is 119 cm³/mol. The van der Waals surface area contributed by atoms with E-state index in [1.807, 2.05) is 13.1 Å². The number of primary amides is 1. The number of benzene rings is 1. The number of aliphatic hydroxyl groups is 1. The predicted octanol–water partition coefficient (Wildman–Crippen LogP) is 1.93. The van der Waals surface area contributed by atoms with Crippen LogP contribution in [0.15, 0.2) is 12.1 Å². The quantitative estimate of drug-likeness (QED) is 0.381. The van der Waals surface area contributed by atoms with E-state index in [2.05, 4.69) is 42.1 Å². The second-order valence-electron chi connectivity index (χ2n) is 6.83. The highest BCUT2D eigenvalue weighted by Gasteiger charge is 2.70. The zero-order chi connectivity index (χ0) is 20.6. The fraction of sp³-hybridized carbons (Fsp3) is 0.588. The van der Waals surface area contributed by atoms with Crippen LogP contribution in [-0.2, 0) is 20.9 Å². The van der Waals surface area contributed by atoms with Crippen LogP contribution in [0, 0.1) is 0 Å². The van der Waals surface area contributed by atoms with Crippen LogP contribution >= 0.6 is 37.2 Å². The Hall–Kier alpha value is -0.610. The third-order valence-electron chi connectivity index (χ3n) is 5.65. The number of carbonyl (C=O) groups is 1. The smallest absolute Gasteiger partial charge is 0.404 e. The SMILES string of the molecule is COc1cc(CO)cc2c1C(COC(N)=O)C1(OC)ON2CC2C1N2C.II. The van der Waals surface area contributed by atoms with Gasteiger partial charge in [0.25, 0.3) is 0 Å². The summed E-state index contributed by atoms with van der Waals surface area (Å²) in [6, 6.07) is 3.92. The number of methoxy groups -OCH3 is 2. The first-order valence-corrected chi connectivity index (χ1v) is 14.9. The average molecular weight is 619 g/mol. The number of hydrogen-bond donors (Lipinski definition) is 2. The summed E-state index contributed by atoms with van der Waals surface area (Å²) in [6.45, 7) is 0.540. The van der Waals surface area contributed by atoms with E-state index in [0.29, 0.717) is 17.9 Å². The number of nitrogens with two attached hydrogens (primary N) is 1. The van der Waals surface area contributed by atoms with Crippen molar-refractivity contribution in [2.45, 2.75) is 30.4 Å². The number of amides is 1. The molecule has 11 heteroatoms. The number of likely N-dealkylation sites (N-methyl/N-ethyl adjacent to an activating group) is 1. The lowest BCUT2D eigenvalue weighted by atomic mass is 9.82. The minimum absolute atomic E-state index is 0.00406. The van der Waals surface area contributed by atoms with Gasteiger partial charge >= 0.3 is 6.09 Å². The molecule has 1 aromatic carbocycles. The van der Waals surface area contributed by atoms with Crippen molar-refractivity contribution in [2.24, 2.45) is 5.73 Å². The highest BCUT2D eigenvalue weighted by molar-refractivity contribution is 15.0. The second kappa shape index (κ2) is 8.63. The summed E-state index contributed by atoms with van der Waals surface area (Å²) in [4.78, 5) is 19.7. The molecule has 2 saturated heterocycles. The average Bonchev–Trinajstić information content (AvgIpc) is 3.38. The molecule has 0 aromatic heterocycles. The third kappa shape index (κ3) is 3.43. The van der Waals surface area contributed by atoms with Gasteiger partial charge in [0.05, 0.1) is 44.0 Å². The Balaban J connectivity index is 0.00000109. The van der Waals surface area contributed by atoms with Gasteiger partial charge in [0.1, 0.15) is 12.4 Å². The highest BCUT2D eigenvalue weighted by atomic mass is 128. The first-order valence-electron chi connectivity index (χ1n) is 8.58. The van der Waals surface area contributed by atoms with E-state index in [-0.39, 0.29) is 25.3 Å². The number of hydrogen-bond acceptors (Lipinski definition) is 8. The van der Waals surface area contributed by atoms with Gasteiger partial charge in [0, 0.05) is 49.9 Å². The topological polar surface area (TPSA) is 106 Å². The third-order valence-corrected chi connectivity index (χ3v) is 5.65. The lowest BCUT2D eigenvalue weighted by molar-refractivity contribution is -0.266. The van der Waals surface area contributed by atoms with Gasteiger partial charge in [-0.25, -0.2) is 14.7 Å². The molecule has 0 aliphatic carbocycles. The second-order valence-corrected chi connectivity index (χ2v) is 6.83. The molecule has 3 heterocycles. The summed E-state index contributed by atoms with van der Waals surface area (Å²) in [5, 5.41) is 11.4. The van der Waals surface area contributed by atoms with Crippen LogP contribution in [-0.4, -0.2) is 68.4 Å². The summed E-state index contributed by atoms with van der Waals surface area (Å²) in [5.41, 5.74) is 7.50. The molecule has 0 spiro atoms. The Morgan fingerprint density at radius 1 is 1.43 bits per heavy atom. The number of nitrogens with zero attached hydrogens (tertiary/aromatic N) is 2. The molecule has 28 heavy (non-hydrogen) atoms. The lowest BCUT2D eigenvalue weighted by Crippen LogP contribution is -2.60. The number of rotatable bonds is 5. The van der Waals surface area contributed by atoms with Crippen LogP contribution in [0.3, 0.4) is 0 Å². The van der Waals surface area contributed by atoms with Crippen molar-refractivity contribution in [2.75, 3.05) is 39.5 Å². The van der Waals surface area contributed by atoms with Crippen molar-refractivity contribution in [1.29, 1.82) is 0 Å². The maximum atomic E-state index is 11.3. The fourth-order valence-electron chi connectivity index (χ4n) is 4.39. The summed E-state index contributed by atoms with van der Waals surface area (Å²) in [5.74, 6) is -0.874. The zero-order valence-electron chi connectivity index (χ0n) is 15.7. The van der Waals surface area contributed by atoms with Crippen molar-refractivity contribution in [3.8, 4) is 5.75 Å². The van der Waals surface area contributed by atoms with Crippen LogP contribution in [0.1, 0.15) is 17.0 Å². The Kier molecular flexibility index (Phi) is 6.81. The Morgan fingerprint density at radius 3 is 2.71 bits per heavy atom. The molecule has 1 aromatic rings. The molecular formula is C17H23I2N3O6. The summed E-state index contributed by atoms with van der Waals surface area (Å²) < 4.78 is 16.6.